The molecule has 1 aliphatic heterocycles. The molecule has 0 fully saturated rings. The maximum atomic E-state index is 13.8. The van der Waals surface area contributed by atoms with Crippen LogP contribution in [0.2, 0.25) is 0 Å². The number of benzene rings is 1. The fourth-order valence-corrected chi connectivity index (χ4v) is 3.63. The van der Waals surface area contributed by atoms with E-state index in [1.54, 1.807) is 18.3 Å². The van der Waals surface area contributed by atoms with Crippen molar-refractivity contribution < 1.29 is 4.39 Å². The third-order valence-electron chi connectivity index (χ3n) is 4.69. The number of rotatable bonds is 2. The van der Waals surface area contributed by atoms with Gasteiger partial charge < -0.3 is 9.47 Å². The standard InChI is InChI=1S/C19H20FN3/c1-22-9-3-5-18-17(13-22)16-10-15(20)6-7-19(16)23(18)12-14-4-2-8-21-11-14/h2,4,6-8,10-11H,3,5,9,12-13H2,1H3. The van der Waals surface area contributed by atoms with Crippen LogP contribution < -0.4 is 0 Å². The molecule has 0 N–H and O–H groups in total. The summed E-state index contributed by atoms with van der Waals surface area (Å²) in [4.78, 5) is 6.54. The SMILES string of the molecule is CN1CCCc2c(c3cc(F)ccc3n2Cc2cccnc2)C1. The first-order valence-electron chi connectivity index (χ1n) is 8.09. The van der Waals surface area contributed by atoms with Crippen LogP contribution in [0.5, 0.6) is 0 Å². The third-order valence-corrected chi connectivity index (χ3v) is 4.69. The molecule has 0 atom stereocenters. The monoisotopic (exact) mass is 309 g/mol. The van der Waals surface area contributed by atoms with Crippen molar-refractivity contribution in [1.82, 2.24) is 14.5 Å². The predicted molar refractivity (Wildman–Crippen MR) is 89.9 cm³/mol. The number of halogens is 1. The van der Waals surface area contributed by atoms with Gasteiger partial charge in [0.25, 0.3) is 0 Å². The van der Waals surface area contributed by atoms with Crippen molar-refractivity contribution in [3.8, 4) is 0 Å². The molecule has 1 aromatic carbocycles. The Morgan fingerprint density at radius 1 is 1.26 bits per heavy atom. The lowest BCUT2D eigenvalue weighted by Gasteiger charge is -2.12. The fraction of sp³-hybridized carbons (Fsp3) is 0.316. The second-order valence-corrected chi connectivity index (χ2v) is 6.38. The van der Waals surface area contributed by atoms with Gasteiger partial charge in [0.05, 0.1) is 0 Å². The summed E-state index contributed by atoms with van der Waals surface area (Å²) in [6, 6.07) is 9.22. The minimum absolute atomic E-state index is 0.161. The van der Waals surface area contributed by atoms with Crippen molar-refractivity contribution in [3.63, 3.8) is 0 Å². The Morgan fingerprint density at radius 2 is 2.17 bits per heavy atom. The second kappa shape index (κ2) is 5.78. The third kappa shape index (κ3) is 2.63. The molecule has 3 nitrogen and oxygen atoms in total. The highest BCUT2D eigenvalue weighted by Crippen LogP contribution is 2.31. The summed E-state index contributed by atoms with van der Waals surface area (Å²) in [6.07, 6.45) is 5.87. The molecule has 0 spiro atoms. The molecule has 1 aliphatic rings. The first-order valence-corrected chi connectivity index (χ1v) is 8.09. The number of aromatic nitrogens is 2. The average molecular weight is 309 g/mol. The molecule has 2 aromatic heterocycles. The summed E-state index contributed by atoms with van der Waals surface area (Å²) in [5.41, 5.74) is 4.92. The summed E-state index contributed by atoms with van der Waals surface area (Å²) < 4.78 is 16.2. The van der Waals surface area contributed by atoms with Crippen LogP contribution in [0.4, 0.5) is 4.39 Å². The molecular formula is C19H20FN3. The predicted octanol–water partition coefficient (Wildman–Crippen LogP) is 3.60. The summed E-state index contributed by atoms with van der Waals surface area (Å²) in [5, 5.41) is 1.05. The van der Waals surface area contributed by atoms with Gasteiger partial charge in [-0.2, -0.15) is 0 Å². The van der Waals surface area contributed by atoms with E-state index in [0.717, 1.165) is 43.4 Å². The van der Waals surface area contributed by atoms with Gasteiger partial charge in [0, 0.05) is 42.1 Å². The first kappa shape index (κ1) is 14.4. The molecule has 0 aliphatic carbocycles. The van der Waals surface area contributed by atoms with Crippen molar-refractivity contribution in [2.24, 2.45) is 0 Å². The van der Waals surface area contributed by atoms with Gasteiger partial charge in [-0.3, -0.25) is 4.98 Å². The maximum Gasteiger partial charge on any atom is 0.123 e. The minimum Gasteiger partial charge on any atom is -0.340 e. The van der Waals surface area contributed by atoms with Crippen LogP contribution in [0.3, 0.4) is 0 Å². The minimum atomic E-state index is -0.161. The van der Waals surface area contributed by atoms with E-state index in [1.807, 2.05) is 18.3 Å². The Kier molecular flexibility index (Phi) is 3.62. The number of pyridine rings is 1. The zero-order chi connectivity index (χ0) is 15.8. The molecule has 0 amide bonds. The molecule has 4 heteroatoms. The van der Waals surface area contributed by atoms with E-state index in [2.05, 4.69) is 27.6 Å². The number of nitrogens with zero attached hydrogens (tertiary/aromatic N) is 3. The molecule has 0 bridgehead atoms. The molecule has 0 saturated carbocycles. The Balaban J connectivity index is 1.90. The van der Waals surface area contributed by atoms with Crippen LogP contribution in [0.25, 0.3) is 10.9 Å². The molecule has 118 valence electrons. The van der Waals surface area contributed by atoms with Gasteiger partial charge in [-0.1, -0.05) is 6.07 Å². The topological polar surface area (TPSA) is 21.1 Å². The largest absolute Gasteiger partial charge is 0.340 e. The van der Waals surface area contributed by atoms with Gasteiger partial charge in [0.1, 0.15) is 5.82 Å². The first-order chi connectivity index (χ1) is 11.2. The zero-order valence-electron chi connectivity index (χ0n) is 13.3. The summed E-state index contributed by atoms with van der Waals surface area (Å²) in [5.74, 6) is -0.161. The van der Waals surface area contributed by atoms with Crippen molar-refractivity contribution in [1.29, 1.82) is 0 Å². The van der Waals surface area contributed by atoms with Crippen LogP contribution >= 0.6 is 0 Å². The van der Waals surface area contributed by atoms with E-state index in [9.17, 15) is 4.39 Å². The van der Waals surface area contributed by atoms with Gasteiger partial charge in [0.15, 0.2) is 0 Å². The van der Waals surface area contributed by atoms with E-state index in [4.69, 9.17) is 0 Å². The smallest absolute Gasteiger partial charge is 0.123 e. The van der Waals surface area contributed by atoms with Crippen LogP contribution in [0.1, 0.15) is 23.2 Å². The number of fused-ring (bicyclic) bond motifs is 3. The van der Waals surface area contributed by atoms with Crippen molar-refractivity contribution in [2.45, 2.75) is 25.9 Å². The normalized spacial score (nSPS) is 15.6. The molecule has 0 saturated heterocycles. The Hall–Kier alpha value is -2.20. The average Bonchev–Trinajstić information content (AvgIpc) is 2.70. The Labute approximate surface area is 135 Å². The summed E-state index contributed by atoms with van der Waals surface area (Å²) >= 11 is 0. The quantitative estimate of drug-likeness (QED) is 0.721. The molecule has 23 heavy (non-hydrogen) atoms. The summed E-state index contributed by atoms with van der Waals surface area (Å²) in [6.45, 7) is 2.75. The maximum absolute atomic E-state index is 13.8. The van der Waals surface area contributed by atoms with Gasteiger partial charge in [-0.05, 0) is 61.8 Å². The highest BCUT2D eigenvalue weighted by atomic mass is 19.1. The lowest BCUT2D eigenvalue weighted by Crippen LogP contribution is -2.17. The molecular weight excluding hydrogens is 289 g/mol. The molecule has 3 heterocycles. The zero-order valence-corrected chi connectivity index (χ0v) is 13.3. The number of hydrogen-bond donors (Lipinski definition) is 0. The van der Waals surface area contributed by atoms with Gasteiger partial charge in [-0.15, -0.1) is 0 Å². The molecule has 4 rings (SSSR count). The Bertz CT molecular complexity index is 839. The lowest BCUT2D eigenvalue weighted by molar-refractivity contribution is 0.333. The van der Waals surface area contributed by atoms with Gasteiger partial charge in [0.2, 0.25) is 0 Å². The van der Waals surface area contributed by atoms with Crippen molar-refractivity contribution in [3.05, 3.63) is 65.4 Å². The van der Waals surface area contributed by atoms with E-state index in [1.165, 1.54) is 16.8 Å². The van der Waals surface area contributed by atoms with E-state index < -0.39 is 0 Å². The van der Waals surface area contributed by atoms with Crippen molar-refractivity contribution >= 4 is 10.9 Å². The molecule has 0 radical (unpaired) electrons. The Morgan fingerprint density at radius 3 is 3.00 bits per heavy atom. The van der Waals surface area contributed by atoms with Crippen LogP contribution in [0, 0.1) is 5.82 Å². The molecule has 3 aromatic rings. The highest BCUT2D eigenvalue weighted by molar-refractivity contribution is 5.86. The van der Waals surface area contributed by atoms with Crippen LogP contribution in [-0.4, -0.2) is 28.0 Å². The van der Waals surface area contributed by atoms with Crippen LogP contribution in [0.15, 0.2) is 42.7 Å². The van der Waals surface area contributed by atoms with E-state index >= 15 is 0 Å². The fourth-order valence-electron chi connectivity index (χ4n) is 3.63. The van der Waals surface area contributed by atoms with Crippen LogP contribution in [-0.2, 0) is 19.5 Å². The van der Waals surface area contributed by atoms with Crippen molar-refractivity contribution in [2.75, 3.05) is 13.6 Å². The lowest BCUT2D eigenvalue weighted by atomic mass is 10.1. The number of hydrogen-bond acceptors (Lipinski definition) is 2. The summed E-state index contributed by atoms with van der Waals surface area (Å²) in [7, 11) is 2.14. The molecule has 0 unspecified atom stereocenters. The van der Waals surface area contributed by atoms with Gasteiger partial charge in [-0.25, -0.2) is 4.39 Å². The van der Waals surface area contributed by atoms with E-state index in [0.29, 0.717) is 0 Å². The van der Waals surface area contributed by atoms with E-state index in [-0.39, 0.29) is 5.82 Å². The highest BCUT2D eigenvalue weighted by Gasteiger charge is 2.21. The second-order valence-electron chi connectivity index (χ2n) is 6.38. The van der Waals surface area contributed by atoms with Gasteiger partial charge >= 0.3 is 0 Å².